The average molecular weight is 444 g/mol. The van der Waals surface area contributed by atoms with E-state index in [1.54, 1.807) is 11.3 Å². The molecule has 1 saturated carbocycles. The Kier molecular flexibility index (Phi) is 7.62. The molecule has 2 fully saturated rings. The van der Waals surface area contributed by atoms with Crippen molar-refractivity contribution in [3.05, 3.63) is 40.5 Å². The fraction of sp³-hybridized carbons (Fsp3) is 0.526. The van der Waals surface area contributed by atoms with Gasteiger partial charge in [-0.1, -0.05) is 0 Å². The topological polar surface area (TPSA) is 87.6 Å². The van der Waals surface area contributed by atoms with Gasteiger partial charge in [-0.15, -0.1) is 0 Å². The van der Waals surface area contributed by atoms with Gasteiger partial charge in [-0.3, -0.25) is 4.90 Å². The number of hydrogen-bond acceptors (Lipinski definition) is 7. The molecule has 3 heterocycles. The van der Waals surface area contributed by atoms with Gasteiger partial charge in [0.1, 0.15) is 11.6 Å². The van der Waals surface area contributed by atoms with Crippen molar-refractivity contribution < 1.29 is 27.8 Å². The summed E-state index contributed by atoms with van der Waals surface area (Å²) in [6.07, 6.45) is -0.541. The summed E-state index contributed by atoms with van der Waals surface area (Å²) in [7, 11) is 0. The van der Waals surface area contributed by atoms with Crippen LogP contribution >= 0.6 is 11.3 Å². The number of hydrogen-bond donors (Lipinski definition) is 2. The lowest BCUT2D eigenvalue weighted by atomic mass is 10.2. The van der Waals surface area contributed by atoms with Crippen LogP contribution in [0.3, 0.4) is 0 Å². The van der Waals surface area contributed by atoms with Gasteiger partial charge in [-0.05, 0) is 47.2 Å². The molecule has 0 aromatic carbocycles. The standard InChI is InChI=1S/C17H22N4OS.C2HF3O2/c1-2-13(1)9-19-16-3-5-18-17(20-16)15-11-22-7-6-21(15)10-14-4-8-23-12-14;3-2(4,5)1(6)7/h3-5,8,12-13,15H,1-2,6-7,9-11H2,(H,18,19,20);(H,6,7). The zero-order chi connectivity index (χ0) is 21.6. The number of nitrogens with zero attached hydrogens (tertiary/aromatic N) is 3. The molecule has 0 amide bonds. The van der Waals surface area contributed by atoms with Crippen LogP contribution in [-0.4, -0.2) is 58.4 Å². The fourth-order valence-electron chi connectivity index (χ4n) is 2.89. The summed E-state index contributed by atoms with van der Waals surface area (Å²) in [5, 5.41) is 14.9. The smallest absolute Gasteiger partial charge is 0.475 e. The molecule has 0 spiro atoms. The van der Waals surface area contributed by atoms with Crippen LogP contribution in [0.25, 0.3) is 0 Å². The lowest BCUT2D eigenvalue weighted by Gasteiger charge is -2.34. The van der Waals surface area contributed by atoms with Crippen molar-refractivity contribution in [1.29, 1.82) is 0 Å². The van der Waals surface area contributed by atoms with E-state index in [9.17, 15) is 13.2 Å². The maximum Gasteiger partial charge on any atom is 0.490 e. The average Bonchev–Trinajstić information content (AvgIpc) is 3.41. The zero-order valence-electron chi connectivity index (χ0n) is 16.1. The molecule has 1 unspecified atom stereocenters. The van der Waals surface area contributed by atoms with Crippen LogP contribution in [0.1, 0.15) is 30.3 Å². The molecule has 2 N–H and O–H groups in total. The predicted molar refractivity (Wildman–Crippen MR) is 105 cm³/mol. The normalized spacial score (nSPS) is 19.6. The van der Waals surface area contributed by atoms with Crippen LogP contribution in [0.5, 0.6) is 0 Å². The van der Waals surface area contributed by atoms with Crippen LogP contribution < -0.4 is 5.32 Å². The zero-order valence-corrected chi connectivity index (χ0v) is 17.0. The van der Waals surface area contributed by atoms with Gasteiger partial charge >= 0.3 is 12.1 Å². The lowest BCUT2D eigenvalue weighted by molar-refractivity contribution is -0.192. The molecule has 1 aliphatic heterocycles. The first-order valence-electron chi connectivity index (χ1n) is 9.52. The minimum Gasteiger partial charge on any atom is -0.475 e. The number of carbonyl (C=O) groups is 1. The summed E-state index contributed by atoms with van der Waals surface area (Å²) in [5.41, 5.74) is 1.35. The van der Waals surface area contributed by atoms with E-state index in [1.807, 2.05) is 12.3 Å². The second-order valence-corrected chi connectivity index (χ2v) is 7.90. The van der Waals surface area contributed by atoms with Crippen LogP contribution in [0.2, 0.25) is 0 Å². The second kappa shape index (κ2) is 10.2. The van der Waals surface area contributed by atoms with Crippen LogP contribution in [0.15, 0.2) is 29.1 Å². The number of carboxylic acid groups (broad SMARTS) is 1. The van der Waals surface area contributed by atoms with Crippen molar-refractivity contribution in [1.82, 2.24) is 14.9 Å². The number of ether oxygens (including phenoxy) is 1. The number of alkyl halides is 3. The molecule has 1 atom stereocenters. The van der Waals surface area contributed by atoms with Gasteiger partial charge in [-0.25, -0.2) is 14.8 Å². The Morgan fingerprint density at radius 1 is 1.37 bits per heavy atom. The molecule has 1 aliphatic carbocycles. The molecular weight excluding hydrogens is 421 g/mol. The first-order chi connectivity index (χ1) is 14.3. The SMILES string of the molecule is O=C(O)C(F)(F)F.c1cc(NCC2CC2)nc(C2COCCN2Cc2ccsc2)n1. The molecule has 2 aromatic rings. The highest BCUT2D eigenvalue weighted by atomic mass is 32.1. The van der Waals surface area contributed by atoms with Crippen LogP contribution in [-0.2, 0) is 16.1 Å². The molecule has 1 saturated heterocycles. The maximum atomic E-state index is 10.6. The highest BCUT2D eigenvalue weighted by molar-refractivity contribution is 7.07. The Morgan fingerprint density at radius 2 is 2.13 bits per heavy atom. The quantitative estimate of drug-likeness (QED) is 0.704. The molecule has 30 heavy (non-hydrogen) atoms. The van der Waals surface area contributed by atoms with Gasteiger partial charge in [0.25, 0.3) is 0 Å². The number of carboxylic acids is 1. The fourth-order valence-corrected chi connectivity index (χ4v) is 3.55. The monoisotopic (exact) mass is 444 g/mol. The minimum absolute atomic E-state index is 0.131. The van der Waals surface area contributed by atoms with E-state index in [-0.39, 0.29) is 6.04 Å². The van der Waals surface area contributed by atoms with Gasteiger partial charge in [0, 0.05) is 25.8 Å². The van der Waals surface area contributed by atoms with Crippen molar-refractivity contribution in [3.63, 3.8) is 0 Å². The third-order valence-electron chi connectivity index (χ3n) is 4.69. The number of morpholine rings is 1. The number of aliphatic carboxylic acids is 1. The van der Waals surface area contributed by atoms with Crippen molar-refractivity contribution >= 4 is 23.1 Å². The van der Waals surface area contributed by atoms with Crippen LogP contribution in [0.4, 0.5) is 19.0 Å². The summed E-state index contributed by atoms with van der Waals surface area (Å²) in [6, 6.07) is 4.27. The molecule has 164 valence electrons. The van der Waals surface area contributed by atoms with Crippen molar-refractivity contribution in [2.24, 2.45) is 5.92 Å². The number of rotatable bonds is 6. The highest BCUT2D eigenvalue weighted by Crippen LogP contribution is 2.29. The van der Waals surface area contributed by atoms with Crippen molar-refractivity contribution in [2.45, 2.75) is 31.6 Å². The van der Waals surface area contributed by atoms with Gasteiger partial charge in [0.2, 0.25) is 0 Å². The predicted octanol–water partition coefficient (Wildman–Crippen LogP) is 3.57. The van der Waals surface area contributed by atoms with E-state index in [2.05, 4.69) is 32.0 Å². The Bertz CT molecular complexity index is 816. The number of nitrogens with one attached hydrogen (secondary N) is 1. The van der Waals surface area contributed by atoms with E-state index >= 15 is 0 Å². The third kappa shape index (κ3) is 6.92. The van der Waals surface area contributed by atoms with Crippen molar-refractivity contribution in [3.8, 4) is 0 Å². The molecule has 0 bridgehead atoms. The van der Waals surface area contributed by atoms with Crippen molar-refractivity contribution in [2.75, 3.05) is 31.6 Å². The molecule has 2 aliphatic rings. The van der Waals surface area contributed by atoms with E-state index < -0.39 is 12.1 Å². The Balaban J connectivity index is 0.000000318. The van der Waals surface area contributed by atoms with Gasteiger partial charge in [0.05, 0.1) is 19.3 Å². The summed E-state index contributed by atoms with van der Waals surface area (Å²) in [4.78, 5) is 20.6. The summed E-state index contributed by atoms with van der Waals surface area (Å²) in [6.45, 7) is 4.32. The lowest BCUT2D eigenvalue weighted by Crippen LogP contribution is -2.39. The van der Waals surface area contributed by atoms with E-state index in [0.717, 1.165) is 43.8 Å². The van der Waals surface area contributed by atoms with Gasteiger partial charge in [0.15, 0.2) is 0 Å². The number of halogens is 3. The largest absolute Gasteiger partial charge is 0.490 e. The number of aromatic nitrogens is 2. The Labute approximate surface area is 175 Å². The number of anilines is 1. The molecule has 2 aromatic heterocycles. The molecular formula is C19H23F3N4O3S. The Morgan fingerprint density at radius 3 is 2.77 bits per heavy atom. The van der Waals surface area contributed by atoms with Crippen LogP contribution in [0, 0.1) is 5.92 Å². The van der Waals surface area contributed by atoms with Gasteiger partial charge in [-0.2, -0.15) is 24.5 Å². The first-order valence-corrected chi connectivity index (χ1v) is 10.5. The summed E-state index contributed by atoms with van der Waals surface area (Å²) >= 11 is 1.74. The Hall–Kier alpha value is -2.24. The minimum atomic E-state index is -5.08. The molecule has 0 radical (unpaired) electrons. The molecule has 7 nitrogen and oxygen atoms in total. The highest BCUT2D eigenvalue weighted by Gasteiger charge is 2.38. The summed E-state index contributed by atoms with van der Waals surface area (Å²) in [5.74, 6) is -0.127. The third-order valence-corrected chi connectivity index (χ3v) is 5.42. The number of thiophene rings is 1. The maximum absolute atomic E-state index is 10.6. The van der Waals surface area contributed by atoms with E-state index in [4.69, 9.17) is 19.6 Å². The summed E-state index contributed by atoms with van der Waals surface area (Å²) < 4.78 is 37.4. The molecule has 11 heteroatoms. The van der Waals surface area contributed by atoms with E-state index in [1.165, 1.54) is 18.4 Å². The first kappa shape index (κ1) is 22.4. The second-order valence-electron chi connectivity index (χ2n) is 7.12. The van der Waals surface area contributed by atoms with E-state index in [0.29, 0.717) is 6.61 Å². The molecule has 4 rings (SSSR count). The van der Waals surface area contributed by atoms with Gasteiger partial charge < -0.3 is 15.2 Å².